The number of methoxy groups -OCH3 is 1. The van der Waals surface area contributed by atoms with Gasteiger partial charge in [0.2, 0.25) is 5.76 Å². The van der Waals surface area contributed by atoms with E-state index in [4.69, 9.17) is 9.26 Å². The number of ether oxygens (including phenoxy) is 1. The lowest BCUT2D eigenvalue weighted by Gasteiger charge is -2.04. The molecule has 2 heterocycles. The van der Waals surface area contributed by atoms with Gasteiger partial charge in [-0.05, 0) is 26.3 Å². The molecule has 2 rings (SSSR count). The lowest BCUT2D eigenvalue weighted by molar-refractivity contribution is 0.0601. The van der Waals surface area contributed by atoms with Gasteiger partial charge in [0.25, 0.3) is 5.91 Å². The van der Waals surface area contributed by atoms with Crippen LogP contribution < -0.4 is 5.32 Å². The van der Waals surface area contributed by atoms with E-state index in [0.29, 0.717) is 16.3 Å². The van der Waals surface area contributed by atoms with Gasteiger partial charge in [0.15, 0.2) is 0 Å². The maximum atomic E-state index is 12.0. The molecule has 0 aliphatic heterocycles. The third kappa shape index (κ3) is 2.57. The van der Waals surface area contributed by atoms with Crippen molar-refractivity contribution in [2.45, 2.75) is 20.8 Å². The Kier molecular flexibility index (Phi) is 3.89. The van der Waals surface area contributed by atoms with E-state index in [2.05, 4.69) is 10.5 Å². The molecule has 106 valence electrons. The summed E-state index contributed by atoms with van der Waals surface area (Å²) in [6, 6.07) is 1.53. The maximum absolute atomic E-state index is 12.0. The molecular weight excluding hydrogens is 280 g/mol. The topological polar surface area (TPSA) is 81.4 Å². The fourth-order valence-corrected chi connectivity index (χ4v) is 2.74. The Bertz CT molecular complexity index is 672. The molecule has 0 bridgehead atoms. The van der Waals surface area contributed by atoms with Crippen LogP contribution >= 0.6 is 11.3 Å². The summed E-state index contributed by atoms with van der Waals surface area (Å²) in [4.78, 5) is 24.7. The van der Waals surface area contributed by atoms with Crippen molar-refractivity contribution in [2.75, 3.05) is 12.4 Å². The zero-order valence-electron chi connectivity index (χ0n) is 11.6. The van der Waals surface area contributed by atoms with Crippen LogP contribution in [-0.4, -0.2) is 24.1 Å². The first-order valence-electron chi connectivity index (χ1n) is 5.87. The number of amides is 1. The number of nitrogens with one attached hydrogen (secondary N) is 1. The SMILES string of the molecule is COC(=O)c1c(NC(=O)c2cc(C)no2)sc(C)c1C. The summed E-state index contributed by atoms with van der Waals surface area (Å²) >= 11 is 1.32. The number of carbonyl (C=O) groups excluding carboxylic acids is 2. The molecule has 0 saturated carbocycles. The molecule has 20 heavy (non-hydrogen) atoms. The average Bonchev–Trinajstić information content (AvgIpc) is 2.94. The second kappa shape index (κ2) is 5.46. The van der Waals surface area contributed by atoms with Crippen molar-refractivity contribution in [2.24, 2.45) is 0 Å². The number of anilines is 1. The number of carbonyl (C=O) groups is 2. The van der Waals surface area contributed by atoms with Crippen LogP contribution in [0.5, 0.6) is 0 Å². The molecule has 0 fully saturated rings. The Hall–Kier alpha value is -2.15. The smallest absolute Gasteiger partial charge is 0.341 e. The zero-order valence-corrected chi connectivity index (χ0v) is 12.4. The van der Waals surface area contributed by atoms with E-state index >= 15 is 0 Å². The van der Waals surface area contributed by atoms with Crippen molar-refractivity contribution in [3.05, 3.63) is 33.5 Å². The molecule has 6 nitrogen and oxygen atoms in total. The van der Waals surface area contributed by atoms with Crippen LogP contribution in [-0.2, 0) is 4.74 Å². The number of aryl methyl sites for hydroxylation is 2. The molecule has 0 unspecified atom stereocenters. The van der Waals surface area contributed by atoms with Gasteiger partial charge in [-0.1, -0.05) is 5.16 Å². The molecule has 0 aromatic carbocycles. The van der Waals surface area contributed by atoms with Crippen LogP contribution in [0.15, 0.2) is 10.6 Å². The third-order valence-electron chi connectivity index (χ3n) is 2.85. The van der Waals surface area contributed by atoms with E-state index in [1.165, 1.54) is 24.5 Å². The van der Waals surface area contributed by atoms with Gasteiger partial charge in [-0.15, -0.1) is 11.3 Å². The Morgan fingerprint density at radius 1 is 1.35 bits per heavy atom. The average molecular weight is 294 g/mol. The van der Waals surface area contributed by atoms with E-state index in [1.807, 2.05) is 13.8 Å². The van der Waals surface area contributed by atoms with Crippen molar-refractivity contribution in [1.82, 2.24) is 5.16 Å². The van der Waals surface area contributed by atoms with Gasteiger partial charge >= 0.3 is 5.97 Å². The molecule has 2 aromatic heterocycles. The molecule has 2 aromatic rings. The first-order chi connectivity index (χ1) is 9.43. The van der Waals surface area contributed by atoms with Crippen molar-refractivity contribution in [3.8, 4) is 0 Å². The zero-order chi connectivity index (χ0) is 14.9. The van der Waals surface area contributed by atoms with Gasteiger partial charge in [-0.3, -0.25) is 4.79 Å². The molecule has 0 atom stereocenters. The fraction of sp³-hybridized carbons (Fsp3) is 0.308. The van der Waals surface area contributed by atoms with Gasteiger partial charge in [0.05, 0.1) is 18.4 Å². The highest BCUT2D eigenvalue weighted by Gasteiger charge is 2.23. The molecule has 1 N–H and O–H groups in total. The van der Waals surface area contributed by atoms with E-state index < -0.39 is 11.9 Å². The van der Waals surface area contributed by atoms with Crippen LogP contribution in [0.4, 0.5) is 5.00 Å². The highest BCUT2D eigenvalue weighted by atomic mass is 32.1. The number of esters is 1. The number of hydrogen-bond donors (Lipinski definition) is 1. The fourth-order valence-electron chi connectivity index (χ4n) is 1.70. The molecule has 0 spiro atoms. The molecule has 0 saturated heterocycles. The van der Waals surface area contributed by atoms with Gasteiger partial charge in [0, 0.05) is 10.9 Å². The van der Waals surface area contributed by atoms with E-state index in [9.17, 15) is 9.59 Å². The summed E-state index contributed by atoms with van der Waals surface area (Å²) in [6.07, 6.45) is 0. The molecule has 0 radical (unpaired) electrons. The lowest BCUT2D eigenvalue weighted by atomic mass is 10.1. The van der Waals surface area contributed by atoms with E-state index in [1.54, 1.807) is 6.92 Å². The second-order valence-corrected chi connectivity index (χ2v) is 5.49. The van der Waals surface area contributed by atoms with Gasteiger partial charge in [-0.25, -0.2) is 4.79 Å². The Labute approximate surface area is 119 Å². The van der Waals surface area contributed by atoms with Gasteiger partial charge in [-0.2, -0.15) is 0 Å². The quantitative estimate of drug-likeness (QED) is 0.880. The standard InChI is InChI=1S/C13H14N2O4S/c1-6-5-9(19-15-6)11(16)14-12-10(13(17)18-4)7(2)8(3)20-12/h5H,1-4H3,(H,14,16). The summed E-state index contributed by atoms with van der Waals surface area (Å²) in [5.74, 6) is -0.824. The third-order valence-corrected chi connectivity index (χ3v) is 3.98. The summed E-state index contributed by atoms with van der Waals surface area (Å²) in [7, 11) is 1.31. The Morgan fingerprint density at radius 3 is 2.60 bits per heavy atom. The number of rotatable bonds is 3. The summed E-state index contributed by atoms with van der Waals surface area (Å²) in [5, 5.41) is 6.76. The van der Waals surface area contributed by atoms with Crippen LogP contribution in [0.1, 0.15) is 37.0 Å². The molecule has 0 aliphatic carbocycles. The molecule has 0 aliphatic rings. The van der Waals surface area contributed by atoms with Crippen LogP contribution in [0.2, 0.25) is 0 Å². The lowest BCUT2D eigenvalue weighted by Crippen LogP contribution is -2.13. The highest BCUT2D eigenvalue weighted by Crippen LogP contribution is 2.33. The number of thiophene rings is 1. The number of hydrogen-bond acceptors (Lipinski definition) is 6. The van der Waals surface area contributed by atoms with Crippen LogP contribution in [0.3, 0.4) is 0 Å². The summed E-state index contributed by atoms with van der Waals surface area (Å²) in [5.41, 5.74) is 1.78. The normalized spacial score (nSPS) is 10.4. The molecular formula is C13H14N2O4S. The summed E-state index contributed by atoms with van der Waals surface area (Å²) in [6.45, 7) is 5.41. The van der Waals surface area contributed by atoms with Crippen LogP contribution in [0, 0.1) is 20.8 Å². The minimum Gasteiger partial charge on any atom is -0.465 e. The largest absolute Gasteiger partial charge is 0.465 e. The Balaban J connectivity index is 2.32. The van der Waals surface area contributed by atoms with Gasteiger partial charge in [0.1, 0.15) is 5.00 Å². The monoisotopic (exact) mass is 294 g/mol. The minimum atomic E-state index is -0.476. The van der Waals surface area contributed by atoms with Gasteiger partial charge < -0.3 is 14.6 Å². The number of aromatic nitrogens is 1. The first kappa shape index (κ1) is 14.3. The van der Waals surface area contributed by atoms with E-state index in [-0.39, 0.29) is 5.76 Å². The van der Waals surface area contributed by atoms with Crippen molar-refractivity contribution in [1.29, 1.82) is 0 Å². The van der Waals surface area contributed by atoms with Crippen molar-refractivity contribution < 1.29 is 18.8 Å². The maximum Gasteiger partial charge on any atom is 0.341 e. The highest BCUT2D eigenvalue weighted by molar-refractivity contribution is 7.16. The number of nitrogens with zero attached hydrogens (tertiary/aromatic N) is 1. The molecule has 1 amide bonds. The summed E-state index contributed by atoms with van der Waals surface area (Å²) < 4.78 is 9.63. The van der Waals surface area contributed by atoms with Crippen molar-refractivity contribution >= 4 is 28.2 Å². The predicted octanol–water partition coefficient (Wildman–Crippen LogP) is 2.70. The van der Waals surface area contributed by atoms with Crippen LogP contribution in [0.25, 0.3) is 0 Å². The molecule has 7 heteroatoms. The van der Waals surface area contributed by atoms with E-state index in [0.717, 1.165) is 10.4 Å². The first-order valence-corrected chi connectivity index (χ1v) is 6.68. The second-order valence-electron chi connectivity index (χ2n) is 4.27. The minimum absolute atomic E-state index is 0.0991. The predicted molar refractivity (Wildman–Crippen MR) is 74.3 cm³/mol. The van der Waals surface area contributed by atoms with Crippen molar-refractivity contribution in [3.63, 3.8) is 0 Å². The Morgan fingerprint density at radius 2 is 2.05 bits per heavy atom.